The van der Waals surface area contributed by atoms with E-state index in [4.69, 9.17) is 0 Å². The number of nitro groups is 1. The minimum absolute atomic E-state index is 0.149. The lowest BCUT2D eigenvalue weighted by Gasteiger charge is -2.35. The van der Waals surface area contributed by atoms with Crippen molar-refractivity contribution >= 4 is 16.9 Å². The summed E-state index contributed by atoms with van der Waals surface area (Å²) in [6.07, 6.45) is 3.97. The molecule has 0 amide bonds. The molecule has 3 heterocycles. The number of nitro benzene ring substituents is 1. The Hall–Kier alpha value is -3.37. The predicted octanol–water partition coefficient (Wildman–Crippen LogP) is 3.04. The fourth-order valence-corrected chi connectivity index (χ4v) is 3.70. The molecule has 7 heteroatoms. The van der Waals surface area contributed by atoms with E-state index in [1.165, 1.54) is 0 Å². The topological polar surface area (TPSA) is 77.8 Å². The standard InChI is InChI=1S/C20H19N5O2/c21-13-17-16(15-24-8-4-3-5-18(17)24)14-22-9-11-23(12-10-22)19-6-1-2-7-20(19)25(26)27/h1-8,15H,9-12,14H2. The van der Waals surface area contributed by atoms with E-state index in [0.717, 1.165) is 42.8 Å². The number of para-hydroxylation sites is 2. The molecule has 7 nitrogen and oxygen atoms in total. The van der Waals surface area contributed by atoms with Gasteiger partial charge in [-0.05, 0) is 18.2 Å². The highest BCUT2D eigenvalue weighted by Crippen LogP contribution is 2.28. The van der Waals surface area contributed by atoms with E-state index >= 15 is 0 Å². The van der Waals surface area contributed by atoms with Gasteiger partial charge in [0, 0.05) is 56.7 Å². The summed E-state index contributed by atoms with van der Waals surface area (Å²) in [5, 5.41) is 20.8. The zero-order chi connectivity index (χ0) is 18.8. The van der Waals surface area contributed by atoms with Crippen LogP contribution in [0.2, 0.25) is 0 Å². The molecule has 2 aromatic heterocycles. The number of anilines is 1. The van der Waals surface area contributed by atoms with Crippen molar-refractivity contribution in [1.29, 1.82) is 5.26 Å². The van der Waals surface area contributed by atoms with Gasteiger partial charge < -0.3 is 9.30 Å². The van der Waals surface area contributed by atoms with Crippen molar-refractivity contribution in [3.63, 3.8) is 0 Å². The third kappa shape index (κ3) is 3.23. The van der Waals surface area contributed by atoms with E-state index in [2.05, 4.69) is 15.9 Å². The Morgan fingerprint density at radius 2 is 1.81 bits per heavy atom. The molecule has 0 saturated carbocycles. The lowest BCUT2D eigenvalue weighted by atomic mass is 10.1. The number of aromatic nitrogens is 1. The van der Waals surface area contributed by atoms with E-state index in [1.54, 1.807) is 12.1 Å². The molecular formula is C20H19N5O2. The molecule has 136 valence electrons. The molecule has 1 aliphatic heterocycles. The van der Waals surface area contributed by atoms with Crippen molar-refractivity contribution in [1.82, 2.24) is 9.30 Å². The zero-order valence-corrected chi connectivity index (χ0v) is 14.8. The molecule has 4 rings (SSSR count). The number of nitriles is 1. The average Bonchev–Trinajstić information content (AvgIpc) is 3.05. The maximum absolute atomic E-state index is 11.3. The number of benzene rings is 1. The molecule has 1 aliphatic rings. The maximum Gasteiger partial charge on any atom is 0.292 e. The van der Waals surface area contributed by atoms with Crippen molar-refractivity contribution in [2.24, 2.45) is 0 Å². The van der Waals surface area contributed by atoms with Gasteiger partial charge in [0.05, 0.1) is 16.0 Å². The molecule has 0 aliphatic carbocycles. The van der Waals surface area contributed by atoms with Crippen LogP contribution >= 0.6 is 0 Å². The van der Waals surface area contributed by atoms with Crippen LogP contribution in [0.1, 0.15) is 11.1 Å². The summed E-state index contributed by atoms with van der Waals surface area (Å²) in [4.78, 5) is 15.3. The van der Waals surface area contributed by atoms with E-state index in [0.29, 0.717) is 12.2 Å². The summed E-state index contributed by atoms with van der Waals surface area (Å²) < 4.78 is 1.98. The van der Waals surface area contributed by atoms with Crippen LogP contribution in [0.3, 0.4) is 0 Å². The molecule has 0 unspecified atom stereocenters. The Kier molecular flexibility index (Phi) is 4.48. The highest BCUT2D eigenvalue weighted by molar-refractivity contribution is 5.65. The Labute approximate surface area is 156 Å². The molecule has 0 N–H and O–H groups in total. The van der Waals surface area contributed by atoms with Crippen LogP contribution in [0.5, 0.6) is 0 Å². The van der Waals surface area contributed by atoms with Gasteiger partial charge in [-0.2, -0.15) is 5.26 Å². The third-order valence-corrected chi connectivity index (χ3v) is 5.06. The van der Waals surface area contributed by atoms with Crippen molar-refractivity contribution in [3.8, 4) is 6.07 Å². The van der Waals surface area contributed by atoms with Gasteiger partial charge in [0.2, 0.25) is 0 Å². The van der Waals surface area contributed by atoms with Gasteiger partial charge >= 0.3 is 0 Å². The van der Waals surface area contributed by atoms with Crippen LogP contribution in [0, 0.1) is 21.4 Å². The van der Waals surface area contributed by atoms with Crippen molar-refractivity contribution in [2.45, 2.75) is 6.54 Å². The van der Waals surface area contributed by atoms with Crippen LogP contribution in [-0.2, 0) is 6.54 Å². The molecule has 1 aromatic carbocycles. The second kappa shape index (κ2) is 7.09. The number of piperazine rings is 1. The summed E-state index contributed by atoms with van der Waals surface area (Å²) >= 11 is 0. The second-order valence-electron chi connectivity index (χ2n) is 6.64. The SMILES string of the molecule is N#Cc1c(CN2CCN(c3ccccc3[N+](=O)[O-])CC2)cn2ccccc12. The molecule has 0 radical (unpaired) electrons. The number of rotatable bonds is 4. The van der Waals surface area contributed by atoms with Crippen LogP contribution in [-0.4, -0.2) is 40.4 Å². The molecule has 0 bridgehead atoms. The van der Waals surface area contributed by atoms with Gasteiger partial charge in [-0.1, -0.05) is 18.2 Å². The summed E-state index contributed by atoms with van der Waals surface area (Å²) in [5.74, 6) is 0. The van der Waals surface area contributed by atoms with Crippen molar-refractivity contribution in [3.05, 3.63) is 76.1 Å². The molecule has 0 spiro atoms. The largest absolute Gasteiger partial charge is 0.363 e. The first-order chi connectivity index (χ1) is 13.2. The smallest absolute Gasteiger partial charge is 0.292 e. The molecule has 0 atom stereocenters. The van der Waals surface area contributed by atoms with Gasteiger partial charge in [-0.15, -0.1) is 0 Å². The summed E-state index contributed by atoms with van der Waals surface area (Å²) in [6.45, 7) is 3.74. The minimum atomic E-state index is -0.326. The van der Waals surface area contributed by atoms with Gasteiger partial charge in [-0.3, -0.25) is 15.0 Å². The predicted molar refractivity (Wildman–Crippen MR) is 103 cm³/mol. The van der Waals surface area contributed by atoms with Crippen LogP contribution in [0.4, 0.5) is 11.4 Å². The second-order valence-corrected chi connectivity index (χ2v) is 6.64. The van der Waals surface area contributed by atoms with Crippen molar-refractivity contribution in [2.75, 3.05) is 31.1 Å². The monoisotopic (exact) mass is 361 g/mol. The van der Waals surface area contributed by atoms with Gasteiger partial charge in [-0.25, -0.2) is 0 Å². The number of nitrogens with zero attached hydrogens (tertiary/aromatic N) is 5. The minimum Gasteiger partial charge on any atom is -0.363 e. The summed E-state index contributed by atoms with van der Waals surface area (Å²) in [6, 6.07) is 15.1. The molecule has 3 aromatic rings. The van der Waals surface area contributed by atoms with Gasteiger partial charge in [0.15, 0.2) is 0 Å². The Balaban J connectivity index is 1.48. The first-order valence-electron chi connectivity index (χ1n) is 8.87. The Morgan fingerprint density at radius 1 is 1.07 bits per heavy atom. The van der Waals surface area contributed by atoms with Gasteiger partial charge in [0.25, 0.3) is 5.69 Å². The lowest BCUT2D eigenvalue weighted by Crippen LogP contribution is -2.46. The van der Waals surface area contributed by atoms with Crippen LogP contribution < -0.4 is 4.90 Å². The van der Waals surface area contributed by atoms with Gasteiger partial charge in [0.1, 0.15) is 11.8 Å². The van der Waals surface area contributed by atoms with Crippen LogP contribution in [0.25, 0.3) is 5.52 Å². The number of hydrogen-bond donors (Lipinski definition) is 0. The molecule has 1 saturated heterocycles. The Bertz CT molecular complexity index is 1030. The number of pyridine rings is 1. The van der Waals surface area contributed by atoms with E-state index < -0.39 is 0 Å². The maximum atomic E-state index is 11.3. The first kappa shape index (κ1) is 17.1. The number of fused-ring (bicyclic) bond motifs is 1. The molecule has 27 heavy (non-hydrogen) atoms. The molecule has 1 fully saturated rings. The first-order valence-corrected chi connectivity index (χ1v) is 8.87. The van der Waals surface area contributed by atoms with Crippen LogP contribution in [0.15, 0.2) is 54.9 Å². The normalized spacial score (nSPS) is 15.0. The Morgan fingerprint density at radius 3 is 2.56 bits per heavy atom. The fourth-order valence-electron chi connectivity index (χ4n) is 3.70. The fraction of sp³-hybridized carbons (Fsp3) is 0.250. The summed E-state index contributed by atoms with van der Waals surface area (Å²) in [7, 11) is 0. The quantitative estimate of drug-likeness (QED) is 0.527. The van der Waals surface area contributed by atoms with E-state index in [-0.39, 0.29) is 10.6 Å². The summed E-state index contributed by atoms with van der Waals surface area (Å²) in [5.41, 5.74) is 3.49. The lowest BCUT2D eigenvalue weighted by molar-refractivity contribution is -0.384. The number of hydrogen-bond acceptors (Lipinski definition) is 5. The highest BCUT2D eigenvalue weighted by Gasteiger charge is 2.24. The molecular weight excluding hydrogens is 342 g/mol. The van der Waals surface area contributed by atoms with E-state index in [9.17, 15) is 15.4 Å². The average molecular weight is 361 g/mol. The van der Waals surface area contributed by atoms with E-state index in [1.807, 2.05) is 47.1 Å². The third-order valence-electron chi connectivity index (χ3n) is 5.06. The zero-order valence-electron chi connectivity index (χ0n) is 14.8. The van der Waals surface area contributed by atoms with Crippen molar-refractivity contribution < 1.29 is 4.92 Å². The highest BCUT2D eigenvalue weighted by atomic mass is 16.6.